The van der Waals surface area contributed by atoms with Gasteiger partial charge in [-0.3, -0.25) is 9.59 Å². The highest BCUT2D eigenvalue weighted by atomic mass is 16.5. The third kappa shape index (κ3) is 6.07. The minimum Gasteiger partial charge on any atom is -0.369 e. The van der Waals surface area contributed by atoms with Crippen LogP contribution in [-0.2, 0) is 14.3 Å². The summed E-state index contributed by atoms with van der Waals surface area (Å²) in [6.45, 7) is 13.3. The van der Waals surface area contributed by atoms with Gasteiger partial charge >= 0.3 is 0 Å². The number of hydrogen-bond donors (Lipinski definition) is 3. The summed E-state index contributed by atoms with van der Waals surface area (Å²) in [6, 6.07) is 0.593. The fraction of sp³-hybridized carbons (Fsp3) is 0.886. The van der Waals surface area contributed by atoms with Gasteiger partial charge in [-0.2, -0.15) is 0 Å². The molecule has 0 aromatic heterocycles. The summed E-state index contributed by atoms with van der Waals surface area (Å²) in [5.41, 5.74) is 0.249. The minimum absolute atomic E-state index is 0.00505. The quantitative estimate of drug-likeness (QED) is 0.404. The van der Waals surface area contributed by atoms with Crippen molar-refractivity contribution in [1.82, 2.24) is 25.8 Å². The van der Waals surface area contributed by atoms with Crippen molar-refractivity contribution in [2.24, 2.45) is 17.8 Å². The first-order valence-corrected chi connectivity index (χ1v) is 17.8. The smallest absolute Gasteiger partial charge is 0.256 e. The number of fused-ring (bicyclic) bond motifs is 3. The average Bonchev–Trinajstić information content (AvgIpc) is 3.46. The molecule has 3 saturated carbocycles. The zero-order chi connectivity index (χ0) is 29.9. The first-order chi connectivity index (χ1) is 20.6. The number of amides is 1. The minimum atomic E-state index is -0.168. The Morgan fingerprint density at radius 1 is 0.977 bits per heavy atom. The molecule has 0 radical (unpaired) electrons. The van der Waals surface area contributed by atoms with E-state index in [-0.39, 0.29) is 65.1 Å². The van der Waals surface area contributed by atoms with E-state index in [2.05, 4.69) is 53.4 Å². The van der Waals surface area contributed by atoms with Crippen LogP contribution in [0.2, 0.25) is 0 Å². The predicted molar refractivity (Wildman–Crippen MR) is 168 cm³/mol. The van der Waals surface area contributed by atoms with Gasteiger partial charge in [-0.15, -0.1) is 0 Å². The van der Waals surface area contributed by atoms with Crippen LogP contribution in [-0.4, -0.2) is 95.1 Å². The largest absolute Gasteiger partial charge is 0.369 e. The summed E-state index contributed by atoms with van der Waals surface area (Å²) in [4.78, 5) is 33.2. The molecule has 7 rings (SSSR count). The lowest BCUT2D eigenvalue weighted by atomic mass is 9.65. The fourth-order valence-corrected chi connectivity index (χ4v) is 10.8. The van der Waals surface area contributed by atoms with Crippen molar-refractivity contribution in [3.05, 3.63) is 11.8 Å². The van der Waals surface area contributed by atoms with E-state index in [1.807, 2.05) is 6.20 Å². The zero-order valence-corrected chi connectivity index (χ0v) is 27.2. The number of Topliss-reactive ketones (excluding diaryl/α,β-unsaturated/α-hetero) is 1. The summed E-state index contributed by atoms with van der Waals surface area (Å²) in [7, 11) is 0. The lowest BCUT2D eigenvalue weighted by Crippen LogP contribution is -2.71. The van der Waals surface area contributed by atoms with Crippen molar-refractivity contribution in [2.45, 2.75) is 152 Å². The van der Waals surface area contributed by atoms with E-state index in [0.717, 1.165) is 63.5 Å². The normalized spacial score (nSPS) is 40.7. The third-order valence-corrected chi connectivity index (χ3v) is 12.3. The molecule has 0 spiro atoms. The summed E-state index contributed by atoms with van der Waals surface area (Å²) in [5, 5.41) is 10.9. The van der Waals surface area contributed by atoms with Gasteiger partial charge in [0.25, 0.3) is 5.91 Å². The Kier molecular flexibility index (Phi) is 8.22. The molecule has 4 aliphatic heterocycles. The predicted octanol–water partition coefficient (Wildman–Crippen LogP) is 3.75. The molecule has 8 atom stereocenters. The highest BCUT2D eigenvalue weighted by Gasteiger charge is 2.57. The zero-order valence-electron chi connectivity index (χ0n) is 27.2. The van der Waals surface area contributed by atoms with Crippen molar-refractivity contribution in [2.75, 3.05) is 26.2 Å². The topological polar surface area (TPSA) is 85.9 Å². The molecule has 7 aliphatic rings. The second-order valence-electron chi connectivity index (χ2n) is 16.6. The number of ketones is 1. The van der Waals surface area contributed by atoms with E-state index in [0.29, 0.717) is 5.57 Å². The van der Waals surface area contributed by atoms with E-state index < -0.39 is 0 Å². The van der Waals surface area contributed by atoms with Gasteiger partial charge in [-0.1, -0.05) is 25.7 Å². The lowest BCUT2D eigenvalue weighted by molar-refractivity contribution is -0.200. The third-order valence-electron chi connectivity index (χ3n) is 12.3. The van der Waals surface area contributed by atoms with E-state index in [1.54, 1.807) is 0 Å². The van der Waals surface area contributed by atoms with Gasteiger partial charge in [0.05, 0.1) is 29.9 Å². The Morgan fingerprint density at radius 2 is 1.67 bits per heavy atom. The van der Waals surface area contributed by atoms with Gasteiger partial charge in [0.2, 0.25) is 0 Å². The van der Waals surface area contributed by atoms with Crippen LogP contribution in [0.5, 0.6) is 0 Å². The number of hydrogen-bond acceptors (Lipinski definition) is 7. The number of nitrogens with zero attached hydrogens (tertiary/aromatic N) is 2. The van der Waals surface area contributed by atoms with E-state index in [9.17, 15) is 9.59 Å². The molecule has 0 aromatic rings. The van der Waals surface area contributed by atoms with Gasteiger partial charge in [-0.05, 0) is 104 Å². The maximum Gasteiger partial charge on any atom is 0.256 e. The molecular weight excluding hydrogens is 538 g/mol. The van der Waals surface area contributed by atoms with Crippen LogP contribution in [0, 0.1) is 17.8 Å². The molecule has 3 saturated heterocycles. The van der Waals surface area contributed by atoms with Gasteiger partial charge < -0.3 is 30.5 Å². The average molecular weight is 596 g/mol. The number of carbonyl (C=O) groups excluding carboxylic acids is 2. The van der Waals surface area contributed by atoms with Crippen LogP contribution in [0.1, 0.15) is 105 Å². The first kappa shape index (κ1) is 30.2. The standard InChI is InChI=1S/C35H57N5O3/c1-34(2)19-24(20-35(3,4)38-34)37-33(42)26-21-40-28-17-22-9-5-6-10-23(22)18-29(28)43-32-27(12-11-25(30(32)40)31(26)41)36-13-16-39-14-7-8-15-39/h21-25,27-30,32,36,38H,5-20H2,1-4H3,(H,37,42). The van der Waals surface area contributed by atoms with Gasteiger partial charge in [0.1, 0.15) is 0 Å². The highest BCUT2D eigenvalue weighted by molar-refractivity contribution is 6.20. The summed E-state index contributed by atoms with van der Waals surface area (Å²) in [6.07, 6.45) is 15.9. The molecule has 0 bridgehead atoms. The van der Waals surface area contributed by atoms with Gasteiger partial charge in [0, 0.05) is 48.4 Å². The summed E-state index contributed by atoms with van der Waals surface area (Å²) >= 11 is 0. The molecule has 8 nitrogen and oxygen atoms in total. The Balaban J connectivity index is 1.14. The molecule has 8 heteroatoms. The van der Waals surface area contributed by atoms with Crippen molar-refractivity contribution in [3.63, 3.8) is 0 Å². The van der Waals surface area contributed by atoms with Crippen LogP contribution < -0.4 is 16.0 Å². The Hall–Kier alpha value is -1.48. The fourth-order valence-electron chi connectivity index (χ4n) is 10.8. The Labute approximate surface area is 259 Å². The molecule has 6 fully saturated rings. The summed E-state index contributed by atoms with van der Waals surface area (Å²) < 4.78 is 7.12. The van der Waals surface area contributed by atoms with Crippen molar-refractivity contribution in [1.29, 1.82) is 0 Å². The second-order valence-corrected chi connectivity index (χ2v) is 16.6. The number of nitrogens with one attached hydrogen (secondary N) is 3. The molecule has 240 valence electrons. The maximum atomic E-state index is 14.2. The van der Waals surface area contributed by atoms with Crippen LogP contribution in [0.25, 0.3) is 0 Å². The molecular formula is C35H57N5O3. The monoisotopic (exact) mass is 595 g/mol. The number of piperidine rings is 1. The van der Waals surface area contributed by atoms with Crippen molar-refractivity contribution >= 4 is 11.7 Å². The maximum absolute atomic E-state index is 14.2. The molecule has 8 unspecified atom stereocenters. The van der Waals surface area contributed by atoms with Crippen LogP contribution in [0.4, 0.5) is 0 Å². The highest BCUT2D eigenvalue weighted by Crippen LogP contribution is 2.49. The number of ether oxygens (including phenoxy) is 1. The molecule has 3 aliphatic carbocycles. The summed E-state index contributed by atoms with van der Waals surface area (Å²) in [5.74, 6) is 1.21. The Morgan fingerprint density at radius 3 is 2.40 bits per heavy atom. The number of rotatable bonds is 6. The van der Waals surface area contributed by atoms with Crippen molar-refractivity contribution in [3.8, 4) is 0 Å². The van der Waals surface area contributed by atoms with Crippen LogP contribution >= 0.6 is 0 Å². The molecule has 43 heavy (non-hydrogen) atoms. The molecule has 0 aromatic carbocycles. The number of likely N-dealkylation sites (tertiary alicyclic amines) is 1. The molecule has 3 N–H and O–H groups in total. The second kappa shape index (κ2) is 11.7. The Bertz CT molecular complexity index is 1080. The van der Waals surface area contributed by atoms with E-state index >= 15 is 0 Å². The first-order valence-electron chi connectivity index (χ1n) is 17.8. The van der Waals surface area contributed by atoms with Crippen LogP contribution in [0.15, 0.2) is 11.8 Å². The van der Waals surface area contributed by atoms with Crippen LogP contribution in [0.3, 0.4) is 0 Å². The lowest BCUT2D eigenvalue weighted by Gasteiger charge is -2.60. The SMILES string of the molecule is CC1(C)CC(NC(=O)C2=CN3C4CC5CCCCC5CC4OC4C(NCCN5CCCC5)CCC(C2=O)C43)CC(C)(C)N1. The van der Waals surface area contributed by atoms with E-state index in [4.69, 9.17) is 4.74 Å². The van der Waals surface area contributed by atoms with Gasteiger partial charge in [0.15, 0.2) is 5.78 Å². The number of carbonyl (C=O) groups is 2. The molecule has 4 heterocycles. The van der Waals surface area contributed by atoms with Crippen molar-refractivity contribution < 1.29 is 14.3 Å². The molecule has 1 amide bonds. The van der Waals surface area contributed by atoms with Gasteiger partial charge in [-0.25, -0.2) is 0 Å². The van der Waals surface area contributed by atoms with E-state index in [1.165, 1.54) is 51.6 Å². The number of morpholine rings is 1.